The largest absolute Gasteiger partial charge is 0.324 e. The number of aromatic nitrogens is 2. The van der Waals surface area contributed by atoms with Crippen molar-refractivity contribution in [1.82, 2.24) is 9.78 Å². The molecule has 114 valence electrons. The molecular weight excluding hydrogens is 326 g/mol. The highest BCUT2D eigenvalue weighted by molar-refractivity contribution is 9.10. The molecule has 21 heavy (non-hydrogen) atoms. The van der Waals surface area contributed by atoms with Crippen LogP contribution in [0.1, 0.15) is 48.0 Å². The van der Waals surface area contributed by atoms with E-state index in [1.54, 1.807) is 0 Å². The quantitative estimate of drug-likeness (QED) is 0.883. The standard InChI is InChI=1S/C17H24BrN3/c1-5-15-17(18)16(21(6-2)20-15)10-14(19)13-9-11(3)7-8-12(13)4/h7-9,14H,5-6,10,19H2,1-4H3. The van der Waals surface area contributed by atoms with Gasteiger partial charge in [-0.1, -0.05) is 30.7 Å². The van der Waals surface area contributed by atoms with Gasteiger partial charge in [-0.2, -0.15) is 5.10 Å². The van der Waals surface area contributed by atoms with Crippen molar-refractivity contribution < 1.29 is 0 Å². The molecule has 0 aliphatic carbocycles. The normalized spacial score (nSPS) is 12.7. The molecule has 4 heteroatoms. The fourth-order valence-corrected chi connectivity index (χ4v) is 3.42. The average molecular weight is 350 g/mol. The second-order valence-electron chi connectivity index (χ2n) is 5.55. The van der Waals surface area contributed by atoms with Gasteiger partial charge in [0.25, 0.3) is 0 Å². The first-order valence-corrected chi connectivity index (χ1v) is 8.34. The Kier molecular flexibility index (Phi) is 5.22. The van der Waals surface area contributed by atoms with E-state index >= 15 is 0 Å². The third kappa shape index (κ3) is 3.38. The Labute approximate surface area is 135 Å². The fourth-order valence-electron chi connectivity index (χ4n) is 2.69. The molecule has 1 atom stereocenters. The summed E-state index contributed by atoms with van der Waals surface area (Å²) in [4.78, 5) is 0. The van der Waals surface area contributed by atoms with Crippen LogP contribution in [0.2, 0.25) is 0 Å². The lowest BCUT2D eigenvalue weighted by Gasteiger charge is -2.16. The number of rotatable bonds is 5. The topological polar surface area (TPSA) is 43.8 Å². The molecule has 0 amide bonds. The maximum absolute atomic E-state index is 6.48. The summed E-state index contributed by atoms with van der Waals surface area (Å²) in [6.45, 7) is 9.34. The first-order chi connectivity index (χ1) is 9.97. The summed E-state index contributed by atoms with van der Waals surface area (Å²) in [5.74, 6) is 0. The molecule has 0 radical (unpaired) electrons. The smallest absolute Gasteiger partial charge is 0.0766 e. The molecule has 0 fully saturated rings. The summed E-state index contributed by atoms with van der Waals surface area (Å²) >= 11 is 3.70. The van der Waals surface area contributed by atoms with E-state index in [1.807, 2.05) is 0 Å². The van der Waals surface area contributed by atoms with Crippen LogP contribution in [-0.4, -0.2) is 9.78 Å². The van der Waals surface area contributed by atoms with Gasteiger partial charge in [-0.15, -0.1) is 0 Å². The number of aryl methyl sites for hydroxylation is 4. The Hall–Kier alpha value is -1.13. The van der Waals surface area contributed by atoms with Crippen molar-refractivity contribution >= 4 is 15.9 Å². The van der Waals surface area contributed by atoms with Crippen LogP contribution < -0.4 is 5.73 Å². The van der Waals surface area contributed by atoms with E-state index in [2.05, 4.69) is 71.6 Å². The molecule has 1 unspecified atom stereocenters. The van der Waals surface area contributed by atoms with Crippen LogP contribution in [0.15, 0.2) is 22.7 Å². The molecule has 0 spiro atoms. The highest BCUT2D eigenvalue weighted by Crippen LogP contribution is 2.27. The first kappa shape index (κ1) is 16.2. The maximum Gasteiger partial charge on any atom is 0.0766 e. The van der Waals surface area contributed by atoms with Gasteiger partial charge in [-0.25, -0.2) is 0 Å². The van der Waals surface area contributed by atoms with Crippen molar-refractivity contribution in [2.24, 2.45) is 5.73 Å². The zero-order valence-corrected chi connectivity index (χ0v) is 14.9. The van der Waals surface area contributed by atoms with Crippen molar-refractivity contribution in [1.29, 1.82) is 0 Å². The van der Waals surface area contributed by atoms with Crippen LogP contribution in [0.4, 0.5) is 0 Å². The van der Waals surface area contributed by atoms with Crippen LogP contribution in [0.3, 0.4) is 0 Å². The molecule has 1 aromatic carbocycles. The van der Waals surface area contributed by atoms with Gasteiger partial charge in [0, 0.05) is 19.0 Å². The second-order valence-corrected chi connectivity index (χ2v) is 6.34. The van der Waals surface area contributed by atoms with Gasteiger partial charge >= 0.3 is 0 Å². The van der Waals surface area contributed by atoms with Crippen LogP contribution in [0.25, 0.3) is 0 Å². The molecule has 0 bridgehead atoms. The van der Waals surface area contributed by atoms with Crippen molar-refractivity contribution in [3.63, 3.8) is 0 Å². The number of nitrogens with two attached hydrogens (primary N) is 1. The van der Waals surface area contributed by atoms with Crippen LogP contribution in [-0.2, 0) is 19.4 Å². The predicted molar refractivity (Wildman–Crippen MR) is 91.5 cm³/mol. The van der Waals surface area contributed by atoms with Crippen molar-refractivity contribution in [3.8, 4) is 0 Å². The van der Waals surface area contributed by atoms with E-state index in [-0.39, 0.29) is 6.04 Å². The zero-order valence-electron chi connectivity index (χ0n) is 13.3. The second kappa shape index (κ2) is 6.75. The minimum atomic E-state index is -0.00657. The van der Waals surface area contributed by atoms with Crippen molar-refractivity contribution in [2.75, 3.05) is 0 Å². The molecule has 2 N–H and O–H groups in total. The Morgan fingerprint density at radius 3 is 2.62 bits per heavy atom. The highest BCUT2D eigenvalue weighted by atomic mass is 79.9. The van der Waals surface area contributed by atoms with Gasteiger partial charge in [0.15, 0.2) is 0 Å². The fraction of sp³-hybridized carbons (Fsp3) is 0.471. The highest BCUT2D eigenvalue weighted by Gasteiger charge is 2.18. The molecule has 0 saturated carbocycles. The summed E-state index contributed by atoms with van der Waals surface area (Å²) in [5.41, 5.74) is 12.5. The van der Waals surface area contributed by atoms with Gasteiger partial charge in [0.05, 0.1) is 15.9 Å². The number of hydrogen-bond acceptors (Lipinski definition) is 2. The van der Waals surface area contributed by atoms with Crippen molar-refractivity contribution in [3.05, 3.63) is 50.8 Å². The van der Waals surface area contributed by atoms with E-state index in [1.165, 1.54) is 22.4 Å². The minimum Gasteiger partial charge on any atom is -0.324 e. The molecule has 1 aromatic heterocycles. The summed E-state index contributed by atoms with van der Waals surface area (Å²) in [6, 6.07) is 6.47. The maximum atomic E-state index is 6.48. The van der Waals surface area contributed by atoms with Gasteiger partial charge in [0.1, 0.15) is 0 Å². The zero-order chi connectivity index (χ0) is 15.6. The molecule has 2 aromatic rings. The third-order valence-electron chi connectivity index (χ3n) is 3.94. The Morgan fingerprint density at radius 1 is 1.29 bits per heavy atom. The molecule has 0 aliphatic rings. The minimum absolute atomic E-state index is 0.00657. The van der Waals surface area contributed by atoms with E-state index in [9.17, 15) is 0 Å². The van der Waals surface area contributed by atoms with E-state index < -0.39 is 0 Å². The van der Waals surface area contributed by atoms with Crippen LogP contribution in [0, 0.1) is 13.8 Å². The van der Waals surface area contributed by atoms with Gasteiger partial charge in [0.2, 0.25) is 0 Å². The lowest BCUT2D eigenvalue weighted by atomic mass is 9.96. The molecule has 0 saturated heterocycles. The first-order valence-electron chi connectivity index (χ1n) is 7.54. The molecule has 0 aliphatic heterocycles. The van der Waals surface area contributed by atoms with E-state index in [4.69, 9.17) is 5.73 Å². The SMILES string of the molecule is CCc1nn(CC)c(CC(N)c2cc(C)ccc2C)c1Br. The van der Waals surface area contributed by atoms with Crippen molar-refractivity contribution in [2.45, 2.75) is 53.1 Å². The Morgan fingerprint density at radius 2 is 2.00 bits per heavy atom. The molecular formula is C17H24BrN3. The summed E-state index contributed by atoms with van der Waals surface area (Å²) in [6.07, 6.45) is 1.73. The number of benzene rings is 1. The summed E-state index contributed by atoms with van der Waals surface area (Å²) in [5, 5.41) is 4.65. The Bertz CT molecular complexity index is 631. The average Bonchev–Trinajstić information content (AvgIpc) is 2.77. The van der Waals surface area contributed by atoms with E-state index in [0.717, 1.165) is 29.6 Å². The number of halogens is 1. The van der Waals surface area contributed by atoms with Crippen LogP contribution in [0.5, 0.6) is 0 Å². The Balaban J connectivity index is 2.33. The summed E-state index contributed by atoms with van der Waals surface area (Å²) in [7, 11) is 0. The number of hydrogen-bond donors (Lipinski definition) is 1. The molecule has 2 rings (SSSR count). The van der Waals surface area contributed by atoms with Gasteiger partial charge in [-0.3, -0.25) is 4.68 Å². The van der Waals surface area contributed by atoms with E-state index in [0.29, 0.717) is 0 Å². The molecule has 1 heterocycles. The van der Waals surface area contributed by atoms with Gasteiger partial charge < -0.3 is 5.73 Å². The third-order valence-corrected chi connectivity index (χ3v) is 4.86. The number of nitrogens with zero attached hydrogens (tertiary/aromatic N) is 2. The predicted octanol–water partition coefficient (Wildman–Crippen LogP) is 4.09. The lowest BCUT2D eigenvalue weighted by Crippen LogP contribution is -2.17. The monoisotopic (exact) mass is 349 g/mol. The summed E-state index contributed by atoms with van der Waals surface area (Å²) < 4.78 is 3.18. The molecule has 3 nitrogen and oxygen atoms in total. The van der Waals surface area contributed by atoms with Gasteiger partial charge in [-0.05, 0) is 54.2 Å². The van der Waals surface area contributed by atoms with Crippen LogP contribution >= 0.6 is 15.9 Å². The lowest BCUT2D eigenvalue weighted by molar-refractivity contribution is 0.583.